The zero-order valence-electron chi connectivity index (χ0n) is 13.4. The number of benzene rings is 1. The van der Waals surface area contributed by atoms with Crippen molar-refractivity contribution in [1.29, 1.82) is 0 Å². The van der Waals surface area contributed by atoms with E-state index in [0.29, 0.717) is 24.7 Å². The summed E-state index contributed by atoms with van der Waals surface area (Å²) in [7, 11) is 3.18. The summed E-state index contributed by atoms with van der Waals surface area (Å²) in [4.78, 5) is 20.1. The summed E-state index contributed by atoms with van der Waals surface area (Å²) in [5, 5.41) is 5.82. The van der Waals surface area contributed by atoms with Gasteiger partial charge in [0.2, 0.25) is 0 Å². The fourth-order valence-electron chi connectivity index (χ4n) is 1.92. The van der Waals surface area contributed by atoms with Gasteiger partial charge in [0.15, 0.2) is 0 Å². The van der Waals surface area contributed by atoms with Crippen molar-refractivity contribution in [3.8, 4) is 5.75 Å². The van der Waals surface area contributed by atoms with Gasteiger partial charge in [0.25, 0.3) is 5.91 Å². The summed E-state index contributed by atoms with van der Waals surface area (Å²) >= 11 is 0. The van der Waals surface area contributed by atoms with E-state index >= 15 is 0 Å². The van der Waals surface area contributed by atoms with Gasteiger partial charge in [-0.2, -0.15) is 0 Å². The molecule has 122 valence electrons. The quantitative estimate of drug-likeness (QED) is 0.759. The third kappa shape index (κ3) is 4.65. The van der Waals surface area contributed by atoms with Crippen molar-refractivity contribution in [3.05, 3.63) is 41.9 Å². The van der Waals surface area contributed by atoms with Gasteiger partial charge < -0.3 is 20.1 Å². The van der Waals surface area contributed by atoms with Crippen molar-refractivity contribution >= 4 is 17.4 Å². The number of anilines is 2. The van der Waals surface area contributed by atoms with Gasteiger partial charge >= 0.3 is 0 Å². The summed E-state index contributed by atoms with van der Waals surface area (Å²) in [6.45, 7) is 2.87. The molecule has 1 aromatic heterocycles. The maximum absolute atomic E-state index is 11.8. The van der Waals surface area contributed by atoms with E-state index < -0.39 is 0 Å². The maximum atomic E-state index is 11.8. The molecule has 1 heterocycles. The largest absolute Gasteiger partial charge is 0.495 e. The van der Waals surface area contributed by atoms with Gasteiger partial charge in [-0.3, -0.25) is 4.79 Å². The lowest BCUT2D eigenvalue weighted by Gasteiger charge is -2.11. The summed E-state index contributed by atoms with van der Waals surface area (Å²) in [5.41, 5.74) is 2.14. The Hall–Kier alpha value is -2.67. The summed E-state index contributed by atoms with van der Waals surface area (Å²) in [5.74, 6) is 0.954. The first-order valence-electron chi connectivity index (χ1n) is 7.15. The molecule has 0 atom stereocenters. The van der Waals surface area contributed by atoms with E-state index in [2.05, 4.69) is 20.6 Å². The van der Waals surface area contributed by atoms with E-state index in [9.17, 15) is 4.79 Å². The molecule has 0 aliphatic heterocycles. The molecular weight excluding hydrogens is 296 g/mol. The topological polar surface area (TPSA) is 85.4 Å². The predicted molar refractivity (Wildman–Crippen MR) is 87.3 cm³/mol. The van der Waals surface area contributed by atoms with Crippen LogP contribution in [0.25, 0.3) is 0 Å². The molecule has 0 fully saturated rings. The third-order valence-electron chi connectivity index (χ3n) is 3.09. The van der Waals surface area contributed by atoms with E-state index in [-0.39, 0.29) is 11.6 Å². The number of aromatic nitrogens is 2. The molecule has 1 aromatic carbocycles. The molecule has 2 rings (SSSR count). The standard InChI is InChI=1S/C16H20N4O3/c1-11-4-5-14(23-3)12(8-11)20-15-10-18-13(9-19-15)16(21)17-6-7-22-2/h4-5,8-10H,6-7H2,1-3H3,(H,17,21)(H,19,20). The molecule has 7 nitrogen and oxygen atoms in total. The number of hydrogen-bond donors (Lipinski definition) is 2. The fraction of sp³-hybridized carbons (Fsp3) is 0.312. The number of nitrogens with zero attached hydrogens (tertiary/aromatic N) is 2. The Morgan fingerprint density at radius 3 is 2.70 bits per heavy atom. The average molecular weight is 316 g/mol. The van der Waals surface area contributed by atoms with Crippen LogP contribution in [-0.4, -0.2) is 43.2 Å². The van der Waals surface area contributed by atoms with E-state index in [1.165, 1.54) is 12.4 Å². The number of ether oxygens (including phenoxy) is 2. The second-order valence-corrected chi connectivity index (χ2v) is 4.86. The Morgan fingerprint density at radius 2 is 2.04 bits per heavy atom. The van der Waals surface area contributed by atoms with Crippen LogP contribution in [0.2, 0.25) is 0 Å². The highest BCUT2D eigenvalue weighted by molar-refractivity contribution is 5.92. The first-order valence-corrected chi connectivity index (χ1v) is 7.15. The molecule has 0 aliphatic carbocycles. The lowest BCUT2D eigenvalue weighted by atomic mass is 10.2. The minimum Gasteiger partial charge on any atom is -0.495 e. The minimum atomic E-state index is -0.283. The number of carbonyl (C=O) groups is 1. The Kier molecular flexibility index (Phi) is 5.87. The van der Waals surface area contributed by atoms with Crippen molar-refractivity contribution in [2.75, 3.05) is 32.7 Å². The van der Waals surface area contributed by atoms with Gasteiger partial charge in [0.1, 0.15) is 17.3 Å². The zero-order valence-corrected chi connectivity index (χ0v) is 13.4. The molecule has 1 amide bonds. The van der Waals surface area contributed by atoms with E-state index in [0.717, 1.165) is 11.3 Å². The van der Waals surface area contributed by atoms with Crippen LogP contribution >= 0.6 is 0 Å². The van der Waals surface area contributed by atoms with Crippen LogP contribution in [0, 0.1) is 6.92 Å². The van der Waals surface area contributed by atoms with Crippen LogP contribution in [-0.2, 0) is 4.74 Å². The van der Waals surface area contributed by atoms with Crippen LogP contribution in [0.1, 0.15) is 16.1 Å². The van der Waals surface area contributed by atoms with E-state index in [1.54, 1.807) is 14.2 Å². The Balaban J connectivity index is 2.05. The smallest absolute Gasteiger partial charge is 0.271 e. The molecule has 0 saturated heterocycles. The number of methoxy groups -OCH3 is 2. The van der Waals surface area contributed by atoms with Gasteiger partial charge in [0.05, 0.1) is 31.8 Å². The third-order valence-corrected chi connectivity index (χ3v) is 3.09. The van der Waals surface area contributed by atoms with Gasteiger partial charge in [0, 0.05) is 13.7 Å². The minimum absolute atomic E-state index is 0.253. The van der Waals surface area contributed by atoms with Gasteiger partial charge in [-0.25, -0.2) is 9.97 Å². The lowest BCUT2D eigenvalue weighted by molar-refractivity contribution is 0.0932. The van der Waals surface area contributed by atoms with Crippen LogP contribution in [0.15, 0.2) is 30.6 Å². The molecule has 0 bridgehead atoms. The number of nitrogens with one attached hydrogen (secondary N) is 2. The van der Waals surface area contributed by atoms with Crippen LogP contribution < -0.4 is 15.4 Å². The molecule has 0 unspecified atom stereocenters. The zero-order chi connectivity index (χ0) is 16.7. The molecular formula is C16H20N4O3. The lowest BCUT2D eigenvalue weighted by Crippen LogP contribution is -2.27. The van der Waals surface area contributed by atoms with E-state index in [4.69, 9.17) is 9.47 Å². The number of aryl methyl sites for hydroxylation is 1. The highest BCUT2D eigenvalue weighted by Crippen LogP contribution is 2.27. The van der Waals surface area contributed by atoms with Crippen LogP contribution in [0.5, 0.6) is 5.75 Å². The molecule has 2 aromatic rings. The fourth-order valence-corrected chi connectivity index (χ4v) is 1.92. The van der Waals surface area contributed by atoms with Crippen molar-refractivity contribution in [3.63, 3.8) is 0 Å². The molecule has 2 N–H and O–H groups in total. The van der Waals surface area contributed by atoms with Crippen molar-refractivity contribution < 1.29 is 14.3 Å². The first kappa shape index (κ1) is 16.7. The van der Waals surface area contributed by atoms with E-state index in [1.807, 2.05) is 25.1 Å². The second-order valence-electron chi connectivity index (χ2n) is 4.86. The SMILES string of the molecule is COCCNC(=O)c1cnc(Nc2cc(C)ccc2OC)cn1. The number of carbonyl (C=O) groups excluding carboxylic acids is 1. The average Bonchev–Trinajstić information content (AvgIpc) is 2.56. The van der Waals surface area contributed by atoms with Crippen molar-refractivity contribution in [2.24, 2.45) is 0 Å². The predicted octanol–water partition coefficient (Wildman–Crippen LogP) is 1.91. The second kappa shape index (κ2) is 8.09. The highest BCUT2D eigenvalue weighted by Gasteiger charge is 2.09. The van der Waals surface area contributed by atoms with Crippen molar-refractivity contribution in [2.45, 2.75) is 6.92 Å². The van der Waals surface area contributed by atoms with Gasteiger partial charge in [-0.05, 0) is 24.6 Å². The number of rotatable bonds is 7. The van der Waals surface area contributed by atoms with Crippen LogP contribution in [0.3, 0.4) is 0 Å². The first-order chi connectivity index (χ1) is 11.1. The molecule has 0 spiro atoms. The summed E-state index contributed by atoms with van der Waals surface area (Å²) in [6, 6.07) is 5.79. The van der Waals surface area contributed by atoms with Crippen molar-refractivity contribution in [1.82, 2.24) is 15.3 Å². The molecule has 7 heteroatoms. The highest BCUT2D eigenvalue weighted by atomic mass is 16.5. The Morgan fingerprint density at radius 1 is 1.22 bits per heavy atom. The van der Waals surface area contributed by atoms with Gasteiger partial charge in [-0.1, -0.05) is 6.07 Å². The summed E-state index contributed by atoms with van der Waals surface area (Å²) in [6.07, 6.45) is 2.93. The number of amides is 1. The Bertz CT molecular complexity index is 659. The monoisotopic (exact) mass is 316 g/mol. The molecule has 0 saturated carbocycles. The summed E-state index contributed by atoms with van der Waals surface area (Å²) < 4.78 is 10.2. The Labute approximate surface area is 135 Å². The van der Waals surface area contributed by atoms with Crippen LogP contribution in [0.4, 0.5) is 11.5 Å². The molecule has 0 aliphatic rings. The van der Waals surface area contributed by atoms with Gasteiger partial charge in [-0.15, -0.1) is 0 Å². The molecule has 0 radical (unpaired) electrons. The molecule has 23 heavy (non-hydrogen) atoms. The maximum Gasteiger partial charge on any atom is 0.271 e. The number of hydrogen-bond acceptors (Lipinski definition) is 6. The normalized spacial score (nSPS) is 10.2.